The molecule has 4 heteroatoms. The Morgan fingerprint density at radius 1 is 1.46 bits per heavy atom. The summed E-state index contributed by atoms with van der Waals surface area (Å²) in [7, 11) is 0. The van der Waals surface area contributed by atoms with E-state index in [4.69, 9.17) is 0 Å². The maximum absolute atomic E-state index is 4.19. The predicted molar refractivity (Wildman–Crippen MR) is 57.1 cm³/mol. The number of rotatable bonds is 5. The summed E-state index contributed by atoms with van der Waals surface area (Å²) in [5, 5.41) is 7.53. The first kappa shape index (κ1) is 12.5. The molecule has 0 bridgehead atoms. The summed E-state index contributed by atoms with van der Waals surface area (Å²) in [5.41, 5.74) is 1.27. The van der Waals surface area contributed by atoms with Gasteiger partial charge in [-0.3, -0.25) is 4.68 Å². The number of nitrogens with one attached hydrogen (secondary N) is 1. The fraction of sp³-hybridized carbons (Fsp3) is 0.667. The summed E-state index contributed by atoms with van der Waals surface area (Å²) in [5.74, 6) is 0. The average molecular weight is 204 g/mol. The molecule has 0 saturated heterocycles. The molecule has 1 aromatic rings. The largest absolute Gasteiger partial charge is 0.313 e. The Kier molecular flexibility index (Phi) is 6.63. The van der Waals surface area contributed by atoms with E-state index in [2.05, 4.69) is 30.5 Å². The molecule has 0 spiro atoms. The van der Waals surface area contributed by atoms with Crippen LogP contribution < -0.4 is 5.32 Å². The molecule has 0 aromatic carbocycles. The number of hydrogen-bond acceptors (Lipinski definition) is 2. The zero-order valence-corrected chi connectivity index (χ0v) is 9.10. The molecule has 0 aliphatic heterocycles. The van der Waals surface area contributed by atoms with Crippen LogP contribution in [0.2, 0.25) is 0 Å². The third kappa shape index (κ3) is 4.29. The molecule has 1 heterocycles. The second-order valence-electron chi connectivity index (χ2n) is 2.88. The SMILES string of the molecule is CCCNCc1cnn(CC)c1.Cl. The highest BCUT2D eigenvalue weighted by molar-refractivity contribution is 5.85. The zero-order valence-electron chi connectivity index (χ0n) is 8.29. The first-order valence-corrected chi connectivity index (χ1v) is 4.58. The molecule has 13 heavy (non-hydrogen) atoms. The lowest BCUT2D eigenvalue weighted by atomic mass is 10.3. The number of halogens is 1. The number of aryl methyl sites for hydroxylation is 1. The fourth-order valence-electron chi connectivity index (χ4n) is 1.08. The maximum atomic E-state index is 4.19. The fourth-order valence-corrected chi connectivity index (χ4v) is 1.08. The molecule has 1 N–H and O–H groups in total. The lowest BCUT2D eigenvalue weighted by Crippen LogP contribution is -2.13. The van der Waals surface area contributed by atoms with E-state index in [1.165, 1.54) is 12.0 Å². The van der Waals surface area contributed by atoms with Crippen molar-refractivity contribution in [3.63, 3.8) is 0 Å². The first-order chi connectivity index (χ1) is 5.86. The van der Waals surface area contributed by atoms with E-state index in [1.807, 2.05) is 10.9 Å². The zero-order chi connectivity index (χ0) is 8.81. The monoisotopic (exact) mass is 203 g/mol. The maximum Gasteiger partial charge on any atom is 0.0534 e. The lowest BCUT2D eigenvalue weighted by Gasteiger charge is -1.98. The van der Waals surface area contributed by atoms with E-state index >= 15 is 0 Å². The van der Waals surface area contributed by atoms with Gasteiger partial charge in [-0.1, -0.05) is 6.92 Å². The Morgan fingerprint density at radius 3 is 2.77 bits per heavy atom. The Hall–Kier alpha value is -0.540. The summed E-state index contributed by atoms with van der Waals surface area (Å²) in [4.78, 5) is 0. The highest BCUT2D eigenvalue weighted by atomic mass is 35.5. The molecule has 0 saturated carbocycles. The third-order valence-corrected chi connectivity index (χ3v) is 1.77. The van der Waals surface area contributed by atoms with Crippen molar-refractivity contribution in [1.29, 1.82) is 0 Å². The topological polar surface area (TPSA) is 29.9 Å². The van der Waals surface area contributed by atoms with Crippen molar-refractivity contribution in [2.75, 3.05) is 6.54 Å². The number of aromatic nitrogens is 2. The summed E-state index contributed by atoms with van der Waals surface area (Å²) in [6, 6.07) is 0. The van der Waals surface area contributed by atoms with Crippen LogP contribution >= 0.6 is 12.4 Å². The molecule has 0 fully saturated rings. The minimum Gasteiger partial charge on any atom is -0.313 e. The van der Waals surface area contributed by atoms with Crippen LogP contribution in [0.4, 0.5) is 0 Å². The van der Waals surface area contributed by atoms with Gasteiger partial charge in [-0.25, -0.2) is 0 Å². The van der Waals surface area contributed by atoms with Crippen LogP contribution in [-0.2, 0) is 13.1 Å². The molecule has 1 aromatic heterocycles. The number of hydrogen-bond donors (Lipinski definition) is 1. The van der Waals surface area contributed by atoms with E-state index in [0.29, 0.717) is 0 Å². The molecule has 0 aliphatic carbocycles. The summed E-state index contributed by atoms with van der Waals surface area (Å²) < 4.78 is 1.95. The molecular formula is C9H18ClN3. The molecule has 0 radical (unpaired) electrons. The van der Waals surface area contributed by atoms with Crippen molar-refractivity contribution < 1.29 is 0 Å². The average Bonchev–Trinajstić information content (AvgIpc) is 2.53. The molecule has 0 atom stereocenters. The van der Waals surface area contributed by atoms with E-state index < -0.39 is 0 Å². The Bertz CT molecular complexity index is 222. The van der Waals surface area contributed by atoms with Crippen LogP contribution in [0.25, 0.3) is 0 Å². The van der Waals surface area contributed by atoms with Crippen LogP contribution in [0.5, 0.6) is 0 Å². The second-order valence-corrected chi connectivity index (χ2v) is 2.88. The van der Waals surface area contributed by atoms with Gasteiger partial charge in [0.15, 0.2) is 0 Å². The Labute approximate surface area is 85.9 Å². The van der Waals surface area contributed by atoms with Gasteiger partial charge in [-0.15, -0.1) is 12.4 Å². The van der Waals surface area contributed by atoms with Gasteiger partial charge in [0.2, 0.25) is 0 Å². The van der Waals surface area contributed by atoms with Gasteiger partial charge in [0, 0.05) is 24.8 Å². The van der Waals surface area contributed by atoms with Crippen LogP contribution in [-0.4, -0.2) is 16.3 Å². The Balaban J connectivity index is 0.00000144. The van der Waals surface area contributed by atoms with E-state index in [1.54, 1.807) is 0 Å². The number of nitrogens with zero attached hydrogens (tertiary/aromatic N) is 2. The smallest absolute Gasteiger partial charge is 0.0534 e. The van der Waals surface area contributed by atoms with Gasteiger partial charge in [-0.2, -0.15) is 5.10 Å². The van der Waals surface area contributed by atoms with Crippen molar-refractivity contribution in [3.05, 3.63) is 18.0 Å². The molecule has 0 unspecified atom stereocenters. The molecule has 3 nitrogen and oxygen atoms in total. The van der Waals surface area contributed by atoms with Crippen LogP contribution in [0.3, 0.4) is 0 Å². The van der Waals surface area contributed by atoms with Gasteiger partial charge in [-0.05, 0) is 19.9 Å². The van der Waals surface area contributed by atoms with Crippen molar-refractivity contribution in [2.45, 2.75) is 33.4 Å². The summed E-state index contributed by atoms with van der Waals surface area (Å²) >= 11 is 0. The van der Waals surface area contributed by atoms with Crippen molar-refractivity contribution in [3.8, 4) is 0 Å². The third-order valence-electron chi connectivity index (χ3n) is 1.77. The lowest BCUT2D eigenvalue weighted by molar-refractivity contribution is 0.653. The van der Waals surface area contributed by atoms with Crippen molar-refractivity contribution in [1.82, 2.24) is 15.1 Å². The van der Waals surface area contributed by atoms with Gasteiger partial charge in [0.1, 0.15) is 0 Å². The highest BCUT2D eigenvalue weighted by Crippen LogP contribution is 1.96. The van der Waals surface area contributed by atoms with Crippen LogP contribution in [0, 0.1) is 0 Å². The van der Waals surface area contributed by atoms with Crippen molar-refractivity contribution in [2.24, 2.45) is 0 Å². The molecule has 0 aliphatic rings. The van der Waals surface area contributed by atoms with Crippen LogP contribution in [0.1, 0.15) is 25.8 Å². The minimum atomic E-state index is 0. The molecular weight excluding hydrogens is 186 g/mol. The van der Waals surface area contributed by atoms with E-state index in [0.717, 1.165) is 19.6 Å². The van der Waals surface area contributed by atoms with Crippen LogP contribution in [0.15, 0.2) is 12.4 Å². The minimum absolute atomic E-state index is 0. The molecule has 0 amide bonds. The standard InChI is InChI=1S/C9H17N3.ClH/c1-3-5-10-6-9-7-11-12(4-2)8-9;/h7-8,10H,3-6H2,1-2H3;1H. The molecule has 1 rings (SSSR count). The predicted octanol–water partition coefficient (Wildman–Crippen LogP) is 1.82. The van der Waals surface area contributed by atoms with Gasteiger partial charge >= 0.3 is 0 Å². The summed E-state index contributed by atoms with van der Waals surface area (Å²) in [6.07, 6.45) is 5.19. The van der Waals surface area contributed by atoms with E-state index in [-0.39, 0.29) is 12.4 Å². The highest BCUT2D eigenvalue weighted by Gasteiger charge is 1.94. The first-order valence-electron chi connectivity index (χ1n) is 4.58. The van der Waals surface area contributed by atoms with Gasteiger partial charge in [0.25, 0.3) is 0 Å². The van der Waals surface area contributed by atoms with Gasteiger partial charge in [0.05, 0.1) is 6.20 Å². The normalized spacial score (nSPS) is 9.69. The van der Waals surface area contributed by atoms with Gasteiger partial charge < -0.3 is 5.32 Å². The Morgan fingerprint density at radius 2 is 2.23 bits per heavy atom. The molecule has 76 valence electrons. The van der Waals surface area contributed by atoms with E-state index in [9.17, 15) is 0 Å². The quantitative estimate of drug-likeness (QED) is 0.740. The van der Waals surface area contributed by atoms with Crippen molar-refractivity contribution >= 4 is 12.4 Å². The second kappa shape index (κ2) is 6.92. The summed E-state index contributed by atoms with van der Waals surface area (Å²) in [6.45, 7) is 7.23.